The Morgan fingerprint density at radius 3 is 2.75 bits per heavy atom. The SMILES string of the molecule is Cc1nc(CCN=C(N)Nc2ccc(C)c(C)c2)cs1. The number of aryl methyl sites for hydroxylation is 3. The first-order valence-electron chi connectivity index (χ1n) is 6.60. The first-order chi connectivity index (χ1) is 9.54. The van der Waals surface area contributed by atoms with Gasteiger partial charge in [-0.2, -0.15) is 0 Å². The predicted molar refractivity (Wildman–Crippen MR) is 86.6 cm³/mol. The largest absolute Gasteiger partial charge is 0.370 e. The minimum atomic E-state index is 0.445. The lowest BCUT2D eigenvalue weighted by molar-refractivity contribution is 0.927. The molecule has 0 radical (unpaired) electrons. The van der Waals surface area contributed by atoms with Crippen LogP contribution in [0.4, 0.5) is 5.69 Å². The van der Waals surface area contributed by atoms with E-state index < -0.39 is 0 Å². The van der Waals surface area contributed by atoms with Crippen molar-refractivity contribution >= 4 is 23.0 Å². The number of anilines is 1. The van der Waals surface area contributed by atoms with Crippen LogP contribution in [0.5, 0.6) is 0 Å². The van der Waals surface area contributed by atoms with Gasteiger partial charge in [0.25, 0.3) is 0 Å². The maximum Gasteiger partial charge on any atom is 0.193 e. The van der Waals surface area contributed by atoms with Crippen LogP contribution in [0.3, 0.4) is 0 Å². The van der Waals surface area contributed by atoms with Crippen molar-refractivity contribution in [3.05, 3.63) is 45.4 Å². The number of rotatable bonds is 4. The molecule has 4 nitrogen and oxygen atoms in total. The zero-order valence-electron chi connectivity index (χ0n) is 12.1. The summed E-state index contributed by atoms with van der Waals surface area (Å²) in [6, 6.07) is 6.15. The highest BCUT2D eigenvalue weighted by Gasteiger charge is 1.99. The van der Waals surface area contributed by atoms with Crippen molar-refractivity contribution in [3.8, 4) is 0 Å². The summed E-state index contributed by atoms with van der Waals surface area (Å²) >= 11 is 1.66. The van der Waals surface area contributed by atoms with E-state index in [1.807, 2.05) is 13.0 Å². The zero-order chi connectivity index (χ0) is 14.5. The van der Waals surface area contributed by atoms with Gasteiger partial charge in [0.2, 0.25) is 0 Å². The number of hydrogen-bond donors (Lipinski definition) is 2. The van der Waals surface area contributed by atoms with Crippen LogP contribution in [0.2, 0.25) is 0 Å². The van der Waals surface area contributed by atoms with Gasteiger partial charge in [0, 0.05) is 24.0 Å². The van der Waals surface area contributed by atoms with E-state index in [0.717, 1.165) is 22.8 Å². The lowest BCUT2D eigenvalue weighted by atomic mass is 10.1. The number of nitrogens with two attached hydrogens (primary N) is 1. The van der Waals surface area contributed by atoms with Gasteiger partial charge in [-0.25, -0.2) is 4.98 Å². The van der Waals surface area contributed by atoms with Crippen molar-refractivity contribution in [2.75, 3.05) is 11.9 Å². The van der Waals surface area contributed by atoms with Crippen LogP contribution in [-0.2, 0) is 6.42 Å². The Labute approximate surface area is 123 Å². The van der Waals surface area contributed by atoms with Gasteiger partial charge in [-0.15, -0.1) is 11.3 Å². The molecule has 2 aromatic rings. The third-order valence-electron chi connectivity index (χ3n) is 3.10. The third-order valence-corrected chi connectivity index (χ3v) is 3.92. The summed E-state index contributed by atoms with van der Waals surface area (Å²) in [5.74, 6) is 0.445. The topological polar surface area (TPSA) is 63.3 Å². The van der Waals surface area contributed by atoms with Crippen LogP contribution in [-0.4, -0.2) is 17.5 Å². The van der Waals surface area contributed by atoms with Crippen LogP contribution in [0.1, 0.15) is 21.8 Å². The molecule has 0 bridgehead atoms. The molecule has 0 saturated carbocycles. The highest BCUT2D eigenvalue weighted by Crippen LogP contribution is 2.13. The average Bonchev–Trinajstić information content (AvgIpc) is 2.80. The molecule has 1 heterocycles. The van der Waals surface area contributed by atoms with E-state index in [4.69, 9.17) is 5.73 Å². The number of aliphatic imine (C=N–C) groups is 1. The van der Waals surface area contributed by atoms with E-state index in [1.165, 1.54) is 11.1 Å². The van der Waals surface area contributed by atoms with E-state index >= 15 is 0 Å². The Bertz CT molecular complexity index is 616. The number of nitrogens with zero attached hydrogens (tertiary/aromatic N) is 2. The molecular weight excluding hydrogens is 268 g/mol. The van der Waals surface area contributed by atoms with Gasteiger partial charge in [-0.05, 0) is 44.0 Å². The average molecular weight is 288 g/mol. The predicted octanol–water partition coefficient (Wildman–Crippen LogP) is 3.04. The zero-order valence-corrected chi connectivity index (χ0v) is 12.9. The summed E-state index contributed by atoms with van der Waals surface area (Å²) in [4.78, 5) is 8.72. The Morgan fingerprint density at radius 1 is 1.30 bits per heavy atom. The second-order valence-corrected chi connectivity index (χ2v) is 5.86. The molecule has 1 aromatic heterocycles. The normalized spacial score (nSPS) is 11.7. The van der Waals surface area contributed by atoms with Crippen molar-refractivity contribution < 1.29 is 0 Å². The molecule has 0 aliphatic carbocycles. The Kier molecular flexibility index (Phi) is 4.74. The molecule has 0 unspecified atom stereocenters. The fourth-order valence-corrected chi connectivity index (χ4v) is 2.47. The maximum atomic E-state index is 5.88. The molecule has 0 spiro atoms. The number of benzene rings is 1. The molecule has 106 valence electrons. The molecule has 3 N–H and O–H groups in total. The molecule has 0 aliphatic rings. The summed E-state index contributed by atoms with van der Waals surface area (Å²) in [5, 5.41) is 6.27. The van der Waals surface area contributed by atoms with Gasteiger partial charge < -0.3 is 11.1 Å². The molecule has 2 rings (SSSR count). The van der Waals surface area contributed by atoms with Crippen molar-refractivity contribution in [2.45, 2.75) is 27.2 Å². The maximum absolute atomic E-state index is 5.88. The molecule has 0 saturated heterocycles. The second-order valence-electron chi connectivity index (χ2n) is 4.80. The molecular formula is C15H20N4S. The second kappa shape index (κ2) is 6.52. The molecule has 0 amide bonds. The van der Waals surface area contributed by atoms with Gasteiger partial charge in [-0.3, -0.25) is 4.99 Å². The minimum absolute atomic E-state index is 0.445. The van der Waals surface area contributed by atoms with E-state index in [0.29, 0.717) is 12.5 Å². The standard InChI is InChI=1S/C15H20N4S/c1-10-4-5-13(8-11(10)2)19-15(16)17-7-6-14-9-20-12(3)18-14/h4-5,8-9H,6-7H2,1-3H3,(H3,16,17,19). The first-order valence-corrected chi connectivity index (χ1v) is 7.48. The van der Waals surface area contributed by atoms with Gasteiger partial charge in [0.15, 0.2) is 5.96 Å². The van der Waals surface area contributed by atoms with Gasteiger partial charge in [0.1, 0.15) is 0 Å². The Morgan fingerprint density at radius 2 is 2.10 bits per heavy atom. The van der Waals surface area contributed by atoms with E-state index in [-0.39, 0.29) is 0 Å². The summed E-state index contributed by atoms with van der Waals surface area (Å²) in [6.45, 7) is 6.82. The summed E-state index contributed by atoms with van der Waals surface area (Å²) in [7, 11) is 0. The smallest absolute Gasteiger partial charge is 0.193 e. The summed E-state index contributed by atoms with van der Waals surface area (Å²) in [6.07, 6.45) is 0.819. The number of guanidine groups is 1. The van der Waals surface area contributed by atoms with Gasteiger partial charge in [-0.1, -0.05) is 6.07 Å². The molecule has 0 atom stereocenters. The highest BCUT2D eigenvalue weighted by atomic mass is 32.1. The highest BCUT2D eigenvalue weighted by molar-refractivity contribution is 7.09. The lowest BCUT2D eigenvalue weighted by Crippen LogP contribution is -2.23. The van der Waals surface area contributed by atoms with Gasteiger partial charge >= 0.3 is 0 Å². The lowest BCUT2D eigenvalue weighted by Gasteiger charge is -2.07. The quantitative estimate of drug-likeness (QED) is 0.671. The van der Waals surface area contributed by atoms with Crippen molar-refractivity contribution in [1.82, 2.24) is 4.98 Å². The summed E-state index contributed by atoms with van der Waals surface area (Å²) < 4.78 is 0. The Hall–Kier alpha value is -1.88. The summed E-state index contributed by atoms with van der Waals surface area (Å²) in [5.41, 5.74) is 10.4. The van der Waals surface area contributed by atoms with E-state index in [1.54, 1.807) is 11.3 Å². The third kappa shape index (κ3) is 4.06. The fourth-order valence-electron chi connectivity index (χ4n) is 1.82. The van der Waals surface area contributed by atoms with Crippen LogP contribution in [0.15, 0.2) is 28.6 Å². The fraction of sp³-hybridized carbons (Fsp3) is 0.333. The van der Waals surface area contributed by atoms with Crippen molar-refractivity contribution in [3.63, 3.8) is 0 Å². The minimum Gasteiger partial charge on any atom is -0.370 e. The van der Waals surface area contributed by atoms with Crippen molar-refractivity contribution in [1.29, 1.82) is 0 Å². The van der Waals surface area contributed by atoms with E-state index in [2.05, 4.69) is 46.7 Å². The van der Waals surface area contributed by atoms with E-state index in [9.17, 15) is 0 Å². The first kappa shape index (κ1) is 14.5. The molecule has 20 heavy (non-hydrogen) atoms. The molecule has 0 aliphatic heterocycles. The monoisotopic (exact) mass is 288 g/mol. The number of nitrogens with one attached hydrogen (secondary N) is 1. The number of thiazole rings is 1. The van der Waals surface area contributed by atoms with Crippen molar-refractivity contribution in [2.24, 2.45) is 10.7 Å². The van der Waals surface area contributed by atoms with Crippen LogP contribution in [0.25, 0.3) is 0 Å². The molecule has 5 heteroatoms. The number of hydrogen-bond acceptors (Lipinski definition) is 3. The van der Waals surface area contributed by atoms with Gasteiger partial charge in [0.05, 0.1) is 10.7 Å². The van der Waals surface area contributed by atoms with Crippen LogP contribution >= 0.6 is 11.3 Å². The molecule has 0 fully saturated rings. The van der Waals surface area contributed by atoms with Crippen LogP contribution < -0.4 is 11.1 Å². The molecule has 1 aromatic carbocycles. The Balaban J connectivity index is 1.88. The van der Waals surface area contributed by atoms with Crippen LogP contribution in [0, 0.1) is 20.8 Å². The number of aromatic nitrogens is 1.